The molecule has 2 aliphatic rings. The molecule has 1 N–H and O–H groups in total. The first-order chi connectivity index (χ1) is 14.1. The van der Waals surface area contributed by atoms with Gasteiger partial charge < -0.3 is 10.0 Å². The number of carboxylic acids is 1. The average molecular weight is 431 g/mol. The summed E-state index contributed by atoms with van der Waals surface area (Å²) in [7, 11) is 2.14. The third-order valence-electron chi connectivity index (χ3n) is 7.18. The Morgan fingerprint density at radius 3 is 2.40 bits per heavy atom. The number of rotatable bonds is 4. The van der Waals surface area contributed by atoms with Gasteiger partial charge in [-0.2, -0.15) is 9.78 Å². The molecule has 1 aliphatic heterocycles. The SMILES string of the molecule is CN(Cc1ccccc1Cl)[C@@H]1C[C@@]2(C)CN(C(=O)n3ccc(C(=O)O)n3)C[C@@]2(C)C1. The van der Waals surface area contributed by atoms with Crippen LogP contribution in [-0.4, -0.2) is 62.9 Å². The number of amides is 1. The maximum absolute atomic E-state index is 12.9. The topological polar surface area (TPSA) is 78.7 Å². The molecule has 2 aromatic rings. The molecule has 1 saturated carbocycles. The van der Waals surface area contributed by atoms with E-state index in [1.165, 1.54) is 12.3 Å². The largest absolute Gasteiger partial charge is 0.476 e. The van der Waals surface area contributed by atoms with Crippen molar-refractivity contribution in [3.05, 3.63) is 52.8 Å². The number of carbonyl (C=O) groups is 2. The first kappa shape index (κ1) is 20.9. The van der Waals surface area contributed by atoms with Crippen molar-refractivity contribution in [1.82, 2.24) is 19.6 Å². The third kappa shape index (κ3) is 3.50. The quantitative estimate of drug-likeness (QED) is 0.797. The van der Waals surface area contributed by atoms with Gasteiger partial charge in [0, 0.05) is 36.9 Å². The van der Waals surface area contributed by atoms with Gasteiger partial charge in [0.15, 0.2) is 5.69 Å². The molecule has 2 heterocycles. The van der Waals surface area contributed by atoms with Crippen LogP contribution in [0.4, 0.5) is 4.79 Å². The number of benzene rings is 1. The molecule has 0 radical (unpaired) electrons. The number of aromatic nitrogens is 2. The Labute approximate surface area is 181 Å². The van der Waals surface area contributed by atoms with Crippen LogP contribution in [0.5, 0.6) is 0 Å². The van der Waals surface area contributed by atoms with Gasteiger partial charge in [-0.15, -0.1) is 0 Å². The highest BCUT2D eigenvalue weighted by atomic mass is 35.5. The summed E-state index contributed by atoms with van der Waals surface area (Å²) in [6, 6.07) is 9.44. The summed E-state index contributed by atoms with van der Waals surface area (Å²) in [5.41, 5.74) is 0.982. The molecular formula is C22H27ClN4O3. The summed E-state index contributed by atoms with van der Waals surface area (Å²) < 4.78 is 1.14. The molecule has 160 valence electrons. The molecule has 0 spiro atoms. The van der Waals surface area contributed by atoms with Crippen molar-refractivity contribution in [2.75, 3.05) is 20.1 Å². The number of carboxylic acid groups (broad SMARTS) is 1. The van der Waals surface area contributed by atoms with Crippen LogP contribution in [-0.2, 0) is 6.54 Å². The second kappa shape index (κ2) is 7.39. The molecule has 1 aliphatic carbocycles. The van der Waals surface area contributed by atoms with E-state index in [0.29, 0.717) is 19.1 Å². The lowest BCUT2D eigenvalue weighted by atomic mass is 9.71. The van der Waals surface area contributed by atoms with Gasteiger partial charge in [0.05, 0.1) is 0 Å². The lowest BCUT2D eigenvalue weighted by Gasteiger charge is -2.31. The van der Waals surface area contributed by atoms with Crippen molar-refractivity contribution in [2.24, 2.45) is 10.8 Å². The number of halogens is 1. The minimum absolute atomic E-state index is 0.00908. The molecular weight excluding hydrogens is 404 g/mol. The number of nitrogens with zero attached hydrogens (tertiary/aromatic N) is 4. The number of hydrogen-bond donors (Lipinski definition) is 1. The third-order valence-corrected chi connectivity index (χ3v) is 7.55. The van der Waals surface area contributed by atoms with Gasteiger partial charge >= 0.3 is 12.0 Å². The first-order valence-electron chi connectivity index (χ1n) is 10.1. The van der Waals surface area contributed by atoms with Crippen LogP contribution in [0.25, 0.3) is 0 Å². The molecule has 1 amide bonds. The zero-order valence-electron chi connectivity index (χ0n) is 17.5. The zero-order chi connectivity index (χ0) is 21.7. The van der Waals surface area contributed by atoms with Gasteiger partial charge in [0.25, 0.3) is 0 Å². The van der Waals surface area contributed by atoms with Crippen molar-refractivity contribution in [2.45, 2.75) is 39.3 Å². The van der Waals surface area contributed by atoms with E-state index >= 15 is 0 Å². The Hall–Kier alpha value is -2.38. The van der Waals surface area contributed by atoms with Crippen LogP contribution in [0, 0.1) is 10.8 Å². The molecule has 0 bridgehead atoms. The zero-order valence-corrected chi connectivity index (χ0v) is 18.3. The molecule has 4 rings (SSSR count). The van der Waals surface area contributed by atoms with E-state index in [9.17, 15) is 9.59 Å². The average Bonchev–Trinajstić information content (AvgIpc) is 3.32. The van der Waals surface area contributed by atoms with Crippen LogP contribution in [0.15, 0.2) is 36.5 Å². The maximum atomic E-state index is 12.9. The van der Waals surface area contributed by atoms with Crippen LogP contribution in [0.3, 0.4) is 0 Å². The van der Waals surface area contributed by atoms with Gasteiger partial charge in [0.2, 0.25) is 0 Å². The fraction of sp³-hybridized carbons (Fsp3) is 0.500. The van der Waals surface area contributed by atoms with Crippen LogP contribution in [0.1, 0.15) is 42.7 Å². The number of carbonyl (C=O) groups excluding carboxylic acids is 1. The van der Waals surface area contributed by atoms with Gasteiger partial charge in [-0.1, -0.05) is 43.6 Å². The Bertz CT molecular complexity index is 972. The second-order valence-corrected chi connectivity index (χ2v) is 9.69. The Kier molecular flexibility index (Phi) is 5.14. The summed E-state index contributed by atoms with van der Waals surface area (Å²) in [4.78, 5) is 28.1. The predicted octanol–water partition coefficient (Wildman–Crippen LogP) is 3.83. The van der Waals surface area contributed by atoms with Crippen molar-refractivity contribution >= 4 is 23.6 Å². The van der Waals surface area contributed by atoms with Gasteiger partial charge in [-0.05, 0) is 48.4 Å². The Morgan fingerprint density at radius 1 is 1.20 bits per heavy atom. The summed E-state index contributed by atoms with van der Waals surface area (Å²) >= 11 is 6.34. The van der Waals surface area contributed by atoms with E-state index in [4.69, 9.17) is 16.7 Å². The summed E-state index contributed by atoms with van der Waals surface area (Å²) in [6.07, 6.45) is 3.41. The number of hydrogen-bond acceptors (Lipinski definition) is 4. The van der Waals surface area contributed by atoms with E-state index in [1.807, 2.05) is 23.1 Å². The molecule has 2 fully saturated rings. The van der Waals surface area contributed by atoms with Crippen molar-refractivity contribution in [3.8, 4) is 0 Å². The summed E-state index contributed by atoms with van der Waals surface area (Å²) in [5, 5.41) is 13.7. The van der Waals surface area contributed by atoms with Crippen LogP contribution >= 0.6 is 11.6 Å². The highest BCUT2D eigenvalue weighted by molar-refractivity contribution is 6.31. The van der Waals surface area contributed by atoms with Gasteiger partial charge in [0.1, 0.15) is 0 Å². The van der Waals surface area contributed by atoms with Crippen molar-refractivity contribution in [3.63, 3.8) is 0 Å². The molecule has 1 aromatic heterocycles. The molecule has 8 heteroatoms. The normalized spacial score (nSPS) is 28.2. The number of fused-ring (bicyclic) bond motifs is 1. The smallest absolute Gasteiger partial charge is 0.356 e. The monoisotopic (exact) mass is 430 g/mol. The van der Waals surface area contributed by atoms with Gasteiger partial charge in [-0.3, -0.25) is 4.90 Å². The molecule has 1 saturated heterocycles. The van der Waals surface area contributed by atoms with Gasteiger partial charge in [-0.25, -0.2) is 9.59 Å². The minimum Gasteiger partial charge on any atom is -0.476 e. The summed E-state index contributed by atoms with van der Waals surface area (Å²) in [5.74, 6) is -1.14. The Morgan fingerprint density at radius 2 is 1.83 bits per heavy atom. The lowest BCUT2D eigenvalue weighted by Crippen LogP contribution is -2.38. The number of aromatic carboxylic acids is 1. The van der Waals surface area contributed by atoms with E-state index < -0.39 is 5.97 Å². The van der Waals surface area contributed by atoms with E-state index in [2.05, 4.69) is 37.0 Å². The minimum atomic E-state index is -1.14. The van der Waals surface area contributed by atoms with E-state index in [1.54, 1.807) is 0 Å². The standard InChI is InChI=1S/C22H27ClN4O3/c1-21-10-16(25(3)12-15-6-4-5-7-17(15)23)11-22(21,2)14-26(13-21)20(30)27-9-8-18(24-27)19(28)29/h4-9,16H,10-14H2,1-3H3,(H,28,29)/t16-,21+,22-. The van der Waals surface area contributed by atoms with Crippen LogP contribution < -0.4 is 0 Å². The highest BCUT2D eigenvalue weighted by Gasteiger charge is 2.59. The fourth-order valence-electron chi connectivity index (χ4n) is 5.18. The predicted molar refractivity (Wildman–Crippen MR) is 114 cm³/mol. The van der Waals surface area contributed by atoms with Crippen molar-refractivity contribution in [1.29, 1.82) is 0 Å². The Balaban J connectivity index is 1.45. The lowest BCUT2D eigenvalue weighted by molar-refractivity contribution is 0.0690. The molecule has 1 aromatic carbocycles. The summed E-state index contributed by atoms with van der Waals surface area (Å²) in [6.45, 7) is 6.59. The molecule has 30 heavy (non-hydrogen) atoms. The maximum Gasteiger partial charge on any atom is 0.356 e. The van der Waals surface area contributed by atoms with Crippen LogP contribution in [0.2, 0.25) is 5.02 Å². The highest BCUT2D eigenvalue weighted by Crippen LogP contribution is 2.58. The molecule has 0 unspecified atom stereocenters. The first-order valence-corrected chi connectivity index (χ1v) is 10.5. The fourth-order valence-corrected chi connectivity index (χ4v) is 5.37. The van der Waals surface area contributed by atoms with E-state index in [0.717, 1.165) is 34.7 Å². The molecule has 3 atom stereocenters. The molecule has 7 nitrogen and oxygen atoms in total. The second-order valence-electron chi connectivity index (χ2n) is 9.28. The van der Waals surface area contributed by atoms with E-state index in [-0.39, 0.29) is 22.6 Å². The van der Waals surface area contributed by atoms with Crippen molar-refractivity contribution < 1.29 is 14.7 Å². The number of likely N-dealkylation sites (tertiary alicyclic amines) is 1.